The summed E-state index contributed by atoms with van der Waals surface area (Å²) in [5.41, 5.74) is 10.8. The molecule has 1 aliphatic carbocycles. The first-order valence-corrected chi connectivity index (χ1v) is 7.82. The molecule has 0 saturated carbocycles. The van der Waals surface area contributed by atoms with Crippen LogP contribution < -0.4 is 5.73 Å². The third-order valence-electron chi connectivity index (χ3n) is 4.56. The van der Waals surface area contributed by atoms with E-state index >= 15 is 0 Å². The van der Waals surface area contributed by atoms with Gasteiger partial charge in [0.05, 0.1) is 12.2 Å². The van der Waals surface area contributed by atoms with E-state index in [-0.39, 0.29) is 30.7 Å². The van der Waals surface area contributed by atoms with Gasteiger partial charge in [0.1, 0.15) is 5.69 Å². The van der Waals surface area contributed by atoms with Crippen molar-refractivity contribution in [2.24, 2.45) is 5.73 Å². The third-order valence-corrected chi connectivity index (χ3v) is 4.56. The second-order valence-corrected chi connectivity index (χ2v) is 5.87. The third kappa shape index (κ3) is 2.90. The van der Waals surface area contributed by atoms with Crippen LogP contribution in [-0.4, -0.2) is 45.2 Å². The standard InChI is InChI=1S/C16H19N5O.2ClH/c17-5-1-7-20-8-9-21-15(16(20)22)13-3-2-11-10-18-6-4-12(11)14(13)19-21;;/h4,6,10H,1-3,5,7-9,17H2;2*1H. The Bertz CT molecular complexity index is 746. The van der Waals surface area contributed by atoms with E-state index in [1.807, 2.05) is 21.8 Å². The number of nitrogens with two attached hydrogens (primary N) is 1. The van der Waals surface area contributed by atoms with Gasteiger partial charge >= 0.3 is 0 Å². The Morgan fingerprint density at radius 1 is 1.21 bits per heavy atom. The number of hydrogen-bond donors (Lipinski definition) is 1. The molecule has 1 amide bonds. The molecule has 3 heterocycles. The Morgan fingerprint density at radius 2 is 2.04 bits per heavy atom. The highest BCUT2D eigenvalue weighted by Crippen LogP contribution is 2.35. The lowest BCUT2D eigenvalue weighted by molar-refractivity contribution is 0.0695. The molecule has 2 aliphatic rings. The molecule has 8 heteroatoms. The number of rotatable bonds is 3. The number of fused-ring (bicyclic) bond motifs is 5. The Kier molecular flexibility index (Phi) is 5.85. The molecule has 130 valence electrons. The highest BCUT2D eigenvalue weighted by Gasteiger charge is 2.33. The van der Waals surface area contributed by atoms with Gasteiger partial charge in [-0.25, -0.2) is 0 Å². The molecule has 2 aromatic heterocycles. The first-order valence-electron chi connectivity index (χ1n) is 7.82. The first kappa shape index (κ1) is 18.7. The van der Waals surface area contributed by atoms with E-state index in [1.165, 1.54) is 5.56 Å². The van der Waals surface area contributed by atoms with Crippen molar-refractivity contribution in [3.63, 3.8) is 0 Å². The predicted octanol–water partition coefficient (Wildman–Crippen LogP) is 1.69. The van der Waals surface area contributed by atoms with Crippen molar-refractivity contribution < 1.29 is 4.79 Å². The summed E-state index contributed by atoms with van der Waals surface area (Å²) < 4.78 is 1.89. The molecule has 2 aromatic rings. The molecule has 0 spiro atoms. The fourth-order valence-electron chi connectivity index (χ4n) is 3.43. The quantitative estimate of drug-likeness (QED) is 0.892. The van der Waals surface area contributed by atoms with Crippen LogP contribution in [-0.2, 0) is 19.4 Å². The number of amides is 1. The smallest absolute Gasteiger partial charge is 0.272 e. The van der Waals surface area contributed by atoms with Gasteiger partial charge in [-0.2, -0.15) is 5.10 Å². The number of nitrogens with zero attached hydrogens (tertiary/aromatic N) is 4. The van der Waals surface area contributed by atoms with Gasteiger partial charge in [-0.05, 0) is 37.4 Å². The number of carbonyl (C=O) groups is 1. The van der Waals surface area contributed by atoms with Gasteiger partial charge in [0.2, 0.25) is 0 Å². The minimum absolute atomic E-state index is 0. The number of carbonyl (C=O) groups excluding carboxylic acids is 1. The summed E-state index contributed by atoms with van der Waals surface area (Å²) >= 11 is 0. The van der Waals surface area contributed by atoms with Crippen molar-refractivity contribution in [2.75, 3.05) is 19.6 Å². The zero-order valence-electron chi connectivity index (χ0n) is 13.3. The summed E-state index contributed by atoms with van der Waals surface area (Å²) in [7, 11) is 0. The monoisotopic (exact) mass is 369 g/mol. The Hall–Kier alpha value is -1.63. The molecule has 0 atom stereocenters. The molecule has 0 bridgehead atoms. The van der Waals surface area contributed by atoms with Gasteiger partial charge in [0.25, 0.3) is 5.91 Å². The molecule has 24 heavy (non-hydrogen) atoms. The molecule has 0 saturated heterocycles. The summed E-state index contributed by atoms with van der Waals surface area (Å²) in [6.45, 7) is 2.83. The molecule has 6 nitrogen and oxygen atoms in total. The van der Waals surface area contributed by atoms with Crippen molar-refractivity contribution in [3.8, 4) is 11.3 Å². The van der Waals surface area contributed by atoms with Crippen LogP contribution in [0.2, 0.25) is 0 Å². The first-order chi connectivity index (χ1) is 10.8. The average molecular weight is 370 g/mol. The fraction of sp³-hybridized carbons (Fsp3) is 0.438. The zero-order chi connectivity index (χ0) is 15.1. The highest BCUT2D eigenvalue weighted by molar-refractivity contribution is 5.97. The largest absolute Gasteiger partial charge is 0.335 e. The molecule has 0 aromatic carbocycles. The number of halogens is 2. The van der Waals surface area contributed by atoms with E-state index in [1.54, 1.807) is 6.20 Å². The van der Waals surface area contributed by atoms with Crippen molar-refractivity contribution in [1.29, 1.82) is 0 Å². The molecule has 4 rings (SSSR count). The Labute approximate surface area is 153 Å². The second-order valence-electron chi connectivity index (χ2n) is 5.87. The lowest BCUT2D eigenvalue weighted by atomic mass is 9.90. The molecule has 2 N–H and O–H groups in total. The molecular weight excluding hydrogens is 349 g/mol. The van der Waals surface area contributed by atoms with Gasteiger partial charge in [-0.3, -0.25) is 14.5 Å². The van der Waals surface area contributed by atoms with E-state index in [2.05, 4.69) is 4.98 Å². The van der Waals surface area contributed by atoms with Gasteiger partial charge in [-0.1, -0.05) is 0 Å². The Balaban J connectivity index is 0.00000104. The van der Waals surface area contributed by atoms with Crippen LogP contribution in [0.3, 0.4) is 0 Å². The summed E-state index contributed by atoms with van der Waals surface area (Å²) in [6.07, 6.45) is 6.33. The van der Waals surface area contributed by atoms with Crippen LogP contribution in [0.4, 0.5) is 0 Å². The summed E-state index contributed by atoms with van der Waals surface area (Å²) in [5, 5.41) is 4.71. The summed E-state index contributed by atoms with van der Waals surface area (Å²) in [5.74, 6) is 0.103. The lowest BCUT2D eigenvalue weighted by Crippen LogP contribution is -2.41. The van der Waals surface area contributed by atoms with Crippen molar-refractivity contribution in [2.45, 2.75) is 25.8 Å². The van der Waals surface area contributed by atoms with E-state index in [4.69, 9.17) is 10.8 Å². The van der Waals surface area contributed by atoms with Gasteiger partial charge in [0.15, 0.2) is 0 Å². The number of aromatic nitrogens is 3. The normalized spacial score (nSPS) is 14.9. The molecular formula is C16H21Cl2N5O. The van der Waals surface area contributed by atoms with Crippen LogP contribution in [0.5, 0.6) is 0 Å². The van der Waals surface area contributed by atoms with E-state index < -0.39 is 0 Å². The van der Waals surface area contributed by atoms with E-state index in [0.717, 1.165) is 61.4 Å². The minimum Gasteiger partial charge on any atom is -0.335 e. The van der Waals surface area contributed by atoms with Crippen LogP contribution in [0, 0.1) is 0 Å². The van der Waals surface area contributed by atoms with Crippen molar-refractivity contribution >= 4 is 30.7 Å². The lowest BCUT2D eigenvalue weighted by Gasteiger charge is -2.28. The van der Waals surface area contributed by atoms with Gasteiger partial charge in [0, 0.05) is 36.6 Å². The van der Waals surface area contributed by atoms with E-state index in [9.17, 15) is 4.79 Å². The maximum atomic E-state index is 12.8. The molecule has 0 unspecified atom stereocenters. The van der Waals surface area contributed by atoms with Gasteiger partial charge in [-0.15, -0.1) is 24.8 Å². The zero-order valence-corrected chi connectivity index (χ0v) is 14.9. The highest BCUT2D eigenvalue weighted by atomic mass is 35.5. The van der Waals surface area contributed by atoms with Crippen molar-refractivity contribution in [3.05, 3.63) is 35.3 Å². The van der Waals surface area contributed by atoms with Gasteiger partial charge < -0.3 is 10.6 Å². The molecule has 1 aliphatic heterocycles. The number of hydrogen-bond acceptors (Lipinski definition) is 4. The topological polar surface area (TPSA) is 77.0 Å². The fourth-order valence-corrected chi connectivity index (χ4v) is 3.43. The summed E-state index contributed by atoms with van der Waals surface area (Å²) in [4.78, 5) is 18.9. The maximum absolute atomic E-state index is 12.8. The minimum atomic E-state index is 0. The average Bonchev–Trinajstić information content (AvgIpc) is 2.94. The predicted molar refractivity (Wildman–Crippen MR) is 96.9 cm³/mol. The van der Waals surface area contributed by atoms with Crippen LogP contribution in [0.25, 0.3) is 11.3 Å². The summed E-state index contributed by atoms with van der Waals surface area (Å²) in [6, 6.07) is 2.00. The van der Waals surface area contributed by atoms with Crippen LogP contribution >= 0.6 is 24.8 Å². The van der Waals surface area contributed by atoms with Crippen molar-refractivity contribution in [1.82, 2.24) is 19.7 Å². The molecule has 0 fully saturated rings. The van der Waals surface area contributed by atoms with Crippen LogP contribution in [0.15, 0.2) is 18.5 Å². The van der Waals surface area contributed by atoms with E-state index in [0.29, 0.717) is 6.54 Å². The maximum Gasteiger partial charge on any atom is 0.272 e. The second kappa shape index (κ2) is 7.51. The van der Waals surface area contributed by atoms with Crippen LogP contribution in [0.1, 0.15) is 28.0 Å². The number of pyridine rings is 1. The Morgan fingerprint density at radius 3 is 2.83 bits per heavy atom. The SMILES string of the molecule is Cl.Cl.NCCCN1CCn2nc3c(c2C1=O)CCc1cnccc1-3. The molecule has 0 radical (unpaired) electrons. The number of aryl methyl sites for hydroxylation is 1.